The van der Waals surface area contributed by atoms with Crippen LogP contribution < -0.4 is 4.74 Å². The highest BCUT2D eigenvalue weighted by Gasteiger charge is 2.05. The zero-order valence-electron chi connectivity index (χ0n) is 11.8. The number of aliphatic hydroxyl groups is 1. The molecule has 0 spiro atoms. The molecule has 0 saturated carbocycles. The van der Waals surface area contributed by atoms with Gasteiger partial charge in [-0.25, -0.2) is 4.39 Å². The Morgan fingerprint density at radius 3 is 2.95 bits per heavy atom. The van der Waals surface area contributed by atoms with E-state index < -0.39 is 0 Å². The minimum atomic E-state index is -0.359. The van der Waals surface area contributed by atoms with Gasteiger partial charge < -0.3 is 9.84 Å². The molecule has 0 fully saturated rings. The fraction of sp³-hybridized carbons (Fsp3) is 0.312. The third-order valence-electron chi connectivity index (χ3n) is 2.94. The van der Waals surface area contributed by atoms with E-state index in [2.05, 4.69) is 16.9 Å². The molecule has 0 aliphatic heterocycles. The first-order valence-corrected chi connectivity index (χ1v) is 6.69. The van der Waals surface area contributed by atoms with Gasteiger partial charge in [0.1, 0.15) is 11.6 Å². The van der Waals surface area contributed by atoms with E-state index in [-0.39, 0.29) is 12.4 Å². The molecule has 110 valence electrons. The van der Waals surface area contributed by atoms with Crippen molar-refractivity contribution in [2.24, 2.45) is 7.05 Å². The van der Waals surface area contributed by atoms with Gasteiger partial charge >= 0.3 is 0 Å². The molecule has 4 nitrogen and oxygen atoms in total. The topological polar surface area (TPSA) is 47.3 Å². The predicted octanol–water partition coefficient (Wildman–Crippen LogP) is 1.91. The predicted molar refractivity (Wildman–Crippen MR) is 77.4 cm³/mol. The van der Waals surface area contributed by atoms with E-state index in [0.29, 0.717) is 30.8 Å². The van der Waals surface area contributed by atoms with Crippen LogP contribution in [0, 0.1) is 17.7 Å². The first kappa shape index (κ1) is 15.1. The van der Waals surface area contributed by atoms with Crippen molar-refractivity contribution in [3.05, 3.63) is 47.5 Å². The highest BCUT2D eigenvalue weighted by Crippen LogP contribution is 2.19. The number of benzene rings is 1. The number of aliphatic hydroxyl groups excluding tert-OH is 1. The summed E-state index contributed by atoms with van der Waals surface area (Å²) in [5.74, 6) is 5.78. The van der Waals surface area contributed by atoms with Crippen LogP contribution in [0.3, 0.4) is 0 Å². The number of nitrogens with zero attached hydrogens (tertiary/aromatic N) is 2. The van der Waals surface area contributed by atoms with Crippen LogP contribution in [0.25, 0.3) is 0 Å². The molecule has 0 amide bonds. The van der Waals surface area contributed by atoms with Crippen LogP contribution in [-0.2, 0) is 13.5 Å². The van der Waals surface area contributed by atoms with Crippen molar-refractivity contribution in [2.75, 3.05) is 13.2 Å². The number of rotatable bonds is 5. The molecular weight excluding hydrogens is 271 g/mol. The number of aryl methyl sites for hydroxylation is 1. The van der Waals surface area contributed by atoms with Crippen molar-refractivity contribution in [1.82, 2.24) is 9.78 Å². The summed E-state index contributed by atoms with van der Waals surface area (Å²) >= 11 is 0. The summed E-state index contributed by atoms with van der Waals surface area (Å²) in [6.07, 6.45) is 2.79. The quantitative estimate of drug-likeness (QED) is 0.855. The number of halogens is 1. The molecule has 1 aromatic carbocycles. The van der Waals surface area contributed by atoms with E-state index in [1.165, 1.54) is 12.1 Å². The standard InChI is InChI=1S/C16H17FN2O2/c1-19-15(7-9-18-19)8-11-21-16-6-5-14(17)12-13(16)4-2-3-10-20/h5-7,9,12,20H,3,8,10-11H2,1H3. The van der Waals surface area contributed by atoms with Crippen LogP contribution >= 0.6 is 0 Å². The smallest absolute Gasteiger partial charge is 0.135 e. The minimum Gasteiger partial charge on any atom is -0.492 e. The highest BCUT2D eigenvalue weighted by atomic mass is 19.1. The van der Waals surface area contributed by atoms with Crippen molar-refractivity contribution in [2.45, 2.75) is 12.8 Å². The molecule has 0 aliphatic carbocycles. The fourth-order valence-corrected chi connectivity index (χ4v) is 1.85. The minimum absolute atomic E-state index is 0.0149. The molecule has 5 heteroatoms. The fourth-order valence-electron chi connectivity index (χ4n) is 1.85. The lowest BCUT2D eigenvalue weighted by atomic mass is 10.2. The van der Waals surface area contributed by atoms with Crippen molar-refractivity contribution < 1.29 is 14.2 Å². The molecule has 0 unspecified atom stereocenters. The first-order chi connectivity index (χ1) is 10.2. The average molecular weight is 288 g/mol. The summed E-state index contributed by atoms with van der Waals surface area (Å²) in [5, 5.41) is 12.8. The van der Waals surface area contributed by atoms with E-state index >= 15 is 0 Å². The maximum absolute atomic E-state index is 13.3. The average Bonchev–Trinajstić information content (AvgIpc) is 2.87. The Bertz CT molecular complexity index is 656. The Balaban J connectivity index is 2.02. The molecular formula is C16H17FN2O2. The van der Waals surface area contributed by atoms with Crippen molar-refractivity contribution in [3.63, 3.8) is 0 Å². The molecule has 0 radical (unpaired) electrons. The SMILES string of the molecule is Cn1nccc1CCOc1ccc(F)cc1C#CCCO. The zero-order valence-corrected chi connectivity index (χ0v) is 11.8. The van der Waals surface area contributed by atoms with E-state index in [1.807, 2.05) is 13.1 Å². The molecule has 1 N–H and O–H groups in total. The van der Waals surface area contributed by atoms with Gasteiger partial charge in [0.15, 0.2) is 0 Å². The normalized spacial score (nSPS) is 10.0. The Morgan fingerprint density at radius 2 is 2.24 bits per heavy atom. The number of hydrogen-bond acceptors (Lipinski definition) is 3. The second kappa shape index (κ2) is 7.46. The maximum atomic E-state index is 13.3. The van der Waals surface area contributed by atoms with Gasteiger partial charge in [0, 0.05) is 31.8 Å². The molecule has 0 saturated heterocycles. The van der Waals surface area contributed by atoms with Crippen LogP contribution in [-0.4, -0.2) is 28.1 Å². The van der Waals surface area contributed by atoms with Gasteiger partial charge in [0.2, 0.25) is 0 Å². The summed E-state index contributed by atoms with van der Waals surface area (Å²) in [5.41, 5.74) is 1.55. The summed E-state index contributed by atoms with van der Waals surface area (Å²) < 4.78 is 20.7. The van der Waals surface area contributed by atoms with Crippen molar-refractivity contribution in [3.8, 4) is 17.6 Å². The third kappa shape index (κ3) is 4.33. The van der Waals surface area contributed by atoms with Gasteiger partial charge in [0.25, 0.3) is 0 Å². The molecule has 1 heterocycles. The van der Waals surface area contributed by atoms with Crippen molar-refractivity contribution >= 4 is 0 Å². The van der Waals surface area contributed by atoms with Crippen molar-refractivity contribution in [1.29, 1.82) is 0 Å². The van der Waals surface area contributed by atoms with Gasteiger partial charge in [-0.15, -0.1) is 0 Å². The lowest BCUT2D eigenvalue weighted by molar-refractivity contribution is 0.305. The van der Waals surface area contributed by atoms with E-state index in [9.17, 15) is 4.39 Å². The second-order valence-electron chi connectivity index (χ2n) is 4.46. The Hall–Kier alpha value is -2.32. The zero-order chi connectivity index (χ0) is 15.1. The first-order valence-electron chi connectivity index (χ1n) is 6.69. The number of hydrogen-bond donors (Lipinski definition) is 1. The van der Waals surface area contributed by atoms with E-state index in [4.69, 9.17) is 9.84 Å². The van der Waals surface area contributed by atoms with Crippen LogP contribution in [0.4, 0.5) is 4.39 Å². The Labute approximate surface area is 123 Å². The van der Waals surface area contributed by atoms with Crippen LogP contribution in [0.5, 0.6) is 5.75 Å². The molecule has 2 aromatic rings. The lowest BCUT2D eigenvalue weighted by Gasteiger charge is -2.08. The van der Waals surface area contributed by atoms with Gasteiger partial charge in [-0.1, -0.05) is 11.8 Å². The van der Waals surface area contributed by atoms with Crippen LogP contribution in [0.15, 0.2) is 30.5 Å². The van der Waals surface area contributed by atoms with Gasteiger partial charge in [-0.05, 0) is 24.3 Å². The molecule has 21 heavy (non-hydrogen) atoms. The summed E-state index contributed by atoms with van der Waals surface area (Å²) in [7, 11) is 1.87. The molecule has 1 aromatic heterocycles. The largest absolute Gasteiger partial charge is 0.492 e. The Kier molecular flexibility index (Phi) is 5.35. The maximum Gasteiger partial charge on any atom is 0.135 e. The van der Waals surface area contributed by atoms with Gasteiger partial charge in [0.05, 0.1) is 18.8 Å². The number of aromatic nitrogens is 2. The number of ether oxygens (including phenoxy) is 1. The van der Waals surface area contributed by atoms with Gasteiger partial charge in [-0.2, -0.15) is 5.10 Å². The van der Waals surface area contributed by atoms with Gasteiger partial charge in [-0.3, -0.25) is 4.68 Å². The molecule has 0 aliphatic rings. The summed E-state index contributed by atoms with van der Waals surface area (Å²) in [6.45, 7) is 0.443. The third-order valence-corrected chi connectivity index (χ3v) is 2.94. The molecule has 0 bridgehead atoms. The Morgan fingerprint density at radius 1 is 1.38 bits per heavy atom. The second-order valence-corrected chi connectivity index (χ2v) is 4.46. The molecule has 2 rings (SSSR count). The summed E-state index contributed by atoms with van der Waals surface area (Å²) in [6, 6.07) is 6.18. The van der Waals surface area contributed by atoms with Crippen LogP contribution in [0.2, 0.25) is 0 Å². The van der Waals surface area contributed by atoms with Crippen LogP contribution in [0.1, 0.15) is 17.7 Å². The lowest BCUT2D eigenvalue weighted by Crippen LogP contribution is -2.06. The highest BCUT2D eigenvalue weighted by molar-refractivity contribution is 5.46. The van der Waals surface area contributed by atoms with E-state index in [1.54, 1.807) is 16.9 Å². The monoisotopic (exact) mass is 288 g/mol. The molecule has 0 atom stereocenters. The van der Waals surface area contributed by atoms with E-state index in [0.717, 1.165) is 5.69 Å². The summed E-state index contributed by atoms with van der Waals surface area (Å²) in [4.78, 5) is 0.